The third kappa shape index (κ3) is 4.36. The Morgan fingerprint density at radius 2 is 1.60 bits per heavy atom. The minimum atomic E-state index is -3.39. The molecule has 1 aromatic rings. The lowest BCUT2D eigenvalue weighted by molar-refractivity contribution is 0.0948. The van der Waals surface area contributed by atoms with Crippen molar-refractivity contribution in [3.8, 4) is 0 Å². The molecule has 0 radical (unpaired) electrons. The number of nitrogens with two attached hydrogens (primary N) is 1. The highest BCUT2D eigenvalue weighted by molar-refractivity contribution is 7.89. The smallest absolute Gasteiger partial charge is 0.243 e. The number of nitrogens with zero attached hydrogens (tertiary/aromatic N) is 2. The van der Waals surface area contributed by atoms with Gasteiger partial charge in [0.2, 0.25) is 10.0 Å². The Hall–Kier alpha value is -1.11. The Morgan fingerprint density at radius 3 is 2.16 bits per heavy atom. The van der Waals surface area contributed by atoms with Gasteiger partial charge in [-0.1, -0.05) is 19.8 Å². The molecule has 2 N–H and O–H groups in total. The monoisotopic (exact) mass is 365 g/mol. The van der Waals surface area contributed by atoms with Crippen molar-refractivity contribution in [2.45, 2.75) is 56.4 Å². The van der Waals surface area contributed by atoms with Crippen LogP contribution in [0.1, 0.15) is 45.4 Å². The molecule has 2 fully saturated rings. The van der Waals surface area contributed by atoms with Gasteiger partial charge in [-0.25, -0.2) is 8.42 Å². The van der Waals surface area contributed by atoms with Crippen molar-refractivity contribution in [3.63, 3.8) is 0 Å². The molecule has 25 heavy (non-hydrogen) atoms. The Kier molecular flexibility index (Phi) is 6.02. The molecule has 5 nitrogen and oxygen atoms in total. The maximum absolute atomic E-state index is 12.8. The first kappa shape index (κ1) is 18.7. The molecule has 0 spiro atoms. The van der Waals surface area contributed by atoms with E-state index < -0.39 is 10.0 Å². The van der Waals surface area contributed by atoms with Gasteiger partial charge in [-0.2, -0.15) is 4.31 Å². The van der Waals surface area contributed by atoms with E-state index in [4.69, 9.17) is 5.73 Å². The Labute approximate surface area is 152 Å². The first-order valence-corrected chi connectivity index (χ1v) is 11.0. The van der Waals surface area contributed by atoms with Crippen LogP contribution in [0, 0.1) is 5.92 Å². The van der Waals surface area contributed by atoms with E-state index in [2.05, 4.69) is 11.8 Å². The van der Waals surface area contributed by atoms with Crippen LogP contribution in [0.25, 0.3) is 0 Å². The molecule has 2 heterocycles. The average Bonchev–Trinajstić information content (AvgIpc) is 2.63. The third-order valence-corrected chi connectivity index (χ3v) is 7.72. The molecular formula is C19H31N3O2S. The maximum atomic E-state index is 12.8. The zero-order valence-corrected chi connectivity index (χ0v) is 16.0. The fourth-order valence-electron chi connectivity index (χ4n) is 4.25. The highest BCUT2D eigenvalue weighted by Crippen LogP contribution is 2.28. The molecule has 0 saturated carbocycles. The first-order valence-electron chi connectivity index (χ1n) is 9.60. The van der Waals surface area contributed by atoms with E-state index >= 15 is 0 Å². The summed E-state index contributed by atoms with van der Waals surface area (Å²) in [6.45, 7) is 5.86. The molecule has 2 aliphatic rings. The van der Waals surface area contributed by atoms with Crippen molar-refractivity contribution < 1.29 is 8.42 Å². The van der Waals surface area contributed by atoms with Gasteiger partial charge in [0.25, 0.3) is 0 Å². The number of hydrogen-bond donors (Lipinski definition) is 1. The zero-order chi connectivity index (χ0) is 17.9. The van der Waals surface area contributed by atoms with Crippen LogP contribution in [0.3, 0.4) is 0 Å². The molecule has 2 aliphatic heterocycles. The molecule has 6 heteroatoms. The standard InChI is InChI=1S/C19H31N3O2S/c1-2-3-16-8-12-21(13-9-16)18-10-14-22(15-11-18)25(23,24)19-6-4-17(20)5-7-19/h4-7,16,18H,2-3,8-15,20H2,1H3. The van der Waals surface area contributed by atoms with Crippen LogP contribution in [0.4, 0.5) is 5.69 Å². The largest absolute Gasteiger partial charge is 0.399 e. The molecule has 0 aromatic heterocycles. The van der Waals surface area contributed by atoms with E-state index in [1.807, 2.05) is 0 Å². The van der Waals surface area contributed by atoms with E-state index in [-0.39, 0.29) is 0 Å². The number of rotatable bonds is 5. The lowest BCUT2D eigenvalue weighted by atomic mass is 9.90. The number of piperidine rings is 2. The minimum Gasteiger partial charge on any atom is -0.399 e. The molecule has 0 aliphatic carbocycles. The van der Waals surface area contributed by atoms with Crippen LogP contribution in [0.2, 0.25) is 0 Å². The van der Waals surface area contributed by atoms with Gasteiger partial charge < -0.3 is 10.6 Å². The highest BCUT2D eigenvalue weighted by atomic mass is 32.2. The number of anilines is 1. The van der Waals surface area contributed by atoms with E-state index in [0.29, 0.717) is 29.7 Å². The maximum Gasteiger partial charge on any atom is 0.243 e. The Balaban J connectivity index is 1.54. The Bertz CT molecular complexity index is 644. The second kappa shape index (κ2) is 8.06. The lowest BCUT2D eigenvalue weighted by Gasteiger charge is -2.41. The number of benzene rings is 1. The fourth-order valence-corrected chi connectivity index (χ4v) is 5.72. The van der Waals surface area contributed by atoms with E-state index in [9.17, 15) is 8.42 Å². The molecule has 0 amide bonds. The molecule has 0 atom stereocenters. The summed E-state index contributed by atoms with van der Waals surface area (Å²) in [7, 11) is -3.39. The normalized spacial score (nSPS) is 22.3. The first-order chi connectivity index (χ1) is 12.0. The zero-order valence-electron chi connectivity index (χ0n) is 15.2. The number of likely N-dealkylation sites (tertiary alicyclic amines) is 1. The van der Waals surface area contributed by atoms with Crippen LogP contribution in [0.15, 0.2) is 29.2 Å². The van der Waals surface area contributed by atoms with Gasteiger partial charge in [-0.15, -0.1) is 0 Å². The van der Waals surface area contributed by atoms with Crippen molar-refractivity contribution >= 4 is 15.7 Å². The van der Waals surface area contributed by atoms with Gasteiger partial charge in [0.05, 0.1) is 4.90 Å². The highest BCUT2D eigenvalue weighted by Gasteiger charge is 2.32. The summed E-state index contributed by atoms with van der Waals surface area (Å²) in [6, 6.07) is 7.06. The van der Waals surface area contributed by atoms with E-state index in [0.717, 1.165) is 18.8 Å². The van der Waals surface area contributed by atoms with Crippen LogP contribution < -0.4 is 5.73 Å². The summed E-state index contributed by atoms with van der Waals surface area (Å²) in [5.41, 5.74) is 6.25. The number of nitrogen functional groups attached to an aromatic ring is 1. The van der Waals surface area contributed by atoms with Gasteiger partial charge >= 0.3 is 0 Å². The minimum absolute atomic E-state index is 0.348. The predicted octanol–water partition coefficient (Wildman–Crippen LogP) is 2.93. The van der Waals surface area contributed by atoms with E-state index in [1.165, 1.54) is 38.8 Å². The summed E-state index contributed by atoms with van der Waals surface area (Å²) in [4.78, 5) is 2.94. The van der Waals surface area contributed by atoms with Gasteiger partial charge in [0.15, 0.2) is 0 Å². The summed E-state index contributed by atoms with van der Waals surface area (Å²) in [5.74, 6) is 0.896. The number of sulfonamides is 1. The van der Waals surface area contributed by atoms with Crippen molar-refractivity contribution in [1.29, 1.82) is 0 Å². The van der Waals surface area contributed by atoms with Crippen LogP contribution in [-0.2, 0) is 10.0 Å². The van der Waals surface area contributed by atoms with Gasteiger partial charge in [0.1, 0.15) is 0 Å². The molecule has 1 aromatic carbocycles. The van der Waals surface area contributed by atoms with Gasteiger partial charge in [0, 0.05) is 24.8 Å². The fraction of sp³-hybridized carbons (Fsp3) is 0.684. The average molecular weight is 366 g/mol. The third-order valence-electron chi connectivity index (χ3n) is 5.80. The topological polar surface area (TPSA) is 66.6 Å². The summed E-state index contributed by atoms with van der Waals surface area (Å²) >= 11 is 0. The molecule has 3 rings (SSSR count). The van der Waals surface area contributed by atoms with Crippen molar-refractivity contribution in [1.82, 2.24) is 9.21 Å². The summed E-state index contributed by atoms with van der Waals surface area (Å²) in [6.07, 6.45) is 7.12. The molecule has 2 saturated heterocycles. The summed E-state index contributed by atoms with van der Waals surface area (Å²) in [5, 5.41) is 0. The second-order valence-electron chi connectivity index (χ2n) is 7.47. The van der Waals surface area contributed by atoms with Gasteiger partial charge in [-0.3, -0.25) is 0 Å². The van der Waals surface area contributed by atoms with Crippen molar-refractivity contribution in [2.75, 3.05) is 31.9 Å². The molecule has 140 valence electrons. The van der Waals surface area contributed by atoms with E-state index in [1.54, 1.807) is 28.6 Å². The summed E-state index contributed by atoms with van der Waals surface area (Å²) < 4.78 is 27.2. The predicted molar refractivity (Wildman–Crippen MR) is 102 cm³/mol. The molecule has 0 bridgehead atoms. The Morgan fingerprint density at radius 1 is 1.00 bits per heavy atom. The SMILES string of the molecule is CCCC1CCN(C2CCN(S(=O)(=O)c3ccc(N)cc3)CC2)CC1. The van der Waals surface area contributed by atoms with Gasteiger partial charge in [-0.05, 0) is 69.0 Å². The van der Waals surface area contributed by atoms with Crippen molar-refractivity contribution in [2.24, 2.45) is 5.92 Å². The number of hydrogen-bond acceptors (Lipinski definition) is 4. The quantitative estimate of drug-likeness (QED) is 0.815. The molecule has 0 unspecified atom stereocenters. The van der Waals surface area contributed by atoms with Crippen LogP contribution in [0.5, 0.6) is 0 Å². The van der Waals surface area contributed by atoms with Crippen LogP contribution in [-0.4, -0.2) is 49.8 Å². The second-order valence-corrected chi connectivity index (χ2v) is 9.41. The lowest BCUT2D eigenvalue weighted by Crippen LogP contribution is -2.48. The molecular weight excluding hydrogens is 334 g/mol. The van der Waals surface area contributed by atoms with Crippen LogP contribution >= 0.6 is 0 Å². The van der Waals surface area contributed by atoms with Crippen molar-refractivity contribution in [3.05, 3.63) is 24.3 Å².